The Labute approximate surface area is 139 Å². The number of aliphatic hydroxyl groups excluding tert-OH is 1. The number of rotatable bonds is 8. The van der Waals surface area contributed by atoms with Crippen molar-refractivity contribution in [2.45, 2.75) is 32.5 Å². The van der Waals surface area contributed by atoms with Crippen LogP contribution in [0.5, 0.6) is 0 Å². The molecule has 0 aliphatic carbocycles. The van der Waals surface area contributed by atoms with Gasteiger partial charge in [0.25, 0.3) is 0 Å². The lowest BCUT2D eigenvalue weighted by Gasteiger charge is -2.28. The second-order valence-electron chi connectivity index (χ2n) is 5.52. The first-order valence-corrected chi connectivity index (χ1v) is 8.69. The minimum atomic E-state index is 0.121. The Kier molecular flexibility index (Phi) is 5.27. The highest BCUT2D eigenvalue weighted by atomic mass is 32.1. The summed E-state index contributed by atoms with van der Waals surface area (Å²) < 4.78 is 5.92. The maximum absolute atomic E-state index is 9.68. The van der Waals surface area contributed by atoms with Gasteiger partial charge in [0.2, 0.25) is 0 Å². The summed E-state index contributed by atoms with van der Waals surface area (Å²) in [6.45, 7) is 3.72. The van der Waals surface area contributed by atoms with Crippen molar-refractivity contribution in [1.29, 1.82) is 0 Å². The highest BCUT2D eigenvalue weighted by Gasteiger charge is 2.19. The van der Waals surface area contributed by atoms with Crippen LogP contribution in [0.15, 0.2) is 45.6 Å². The van der Waals surface area contributed by atoms with Crippen LogP contribution in [-0.4, -0.2) is 32.9 Å². The molecule has 0 radical (unpaired) electrons. The van der Waals surface area contributed by atoms with E-state index in [1.54, 1.807) is 17.5 Å². The van der Waals surface area contributed by atoms with Gasteiger partial charge in [0.1, 0.15) is 11.5 Å². The van der Waals surface area contributed by atoms with Crippen LogP contribution in [0, 0.1) is 0 Å². The number of nitrogens with one attached hydrogen (secondary N) is 1. The summed E-state index contributed by atoms with van der Waals surface area (Å²) in [6, 6.07) is 8.07. The lowest BCUT2D eigenvalue weighted by molar-refractivity contribution is 0.100. The molecule has 0 unspecified atom stereocenters. The van der Waals surface area contributed by atoms with Crippen molar-refractivity contribution in [2.24, 2.45) is 0 Å². The fraction of sp³-hybridized carbons (Fsp3) is 0.353. The van der Waals surface area contributed by atoms with Crippen molar-refractivity contribution in [2.75, 3.05) is 6.61 Å². The minimum absolute atomic E-state index is 0.121. The van der Waals surface area contributed by atoms with E-state index in [0.717, 1.165) is 30.2 Å². The van der Waals surface area contributed by atoms with Crippen molar-refractivity contribution < 1.29 is 9.52 Å². The third kappa shape index (κ3) is 3.90. The van der Waals surface area contributed by atoms with Gasteiger partial charge in [0, 0.05) is 18.8 Å². The summed E-state index contributed by atoms with van der Waals surface area (Å²) in [4.78, 5) is 2.26. The smallest absolute Gasteiger partial charge is 0.152 e. The highest BCUT2D eigenvalue weighted by molar-refractivity contribution is 7.07. The van der Waals surface area contributed by atoms with E-state index in [0.29, 0.717) is 6.54 Å². The van der Waals surface area contributed by atoms with Crippen molar-refractivity contribution in [3.05, 3.63) is 52.5 Å². The van der Waals surface area contributed by atoms with Crippen LogP contribution >= 0.6 is 11.3 Å². The number of hydrogen-bond acceptors (Lipinski definition) is 5. The Balaban J connectivity index is 1.75. The fourth-order valence-corrected chi connectivity index (χ4v) is 3.29. The zero-order chi connectivity index (χ0) is 16.1. The lowest BCUT2D eigenvalue weighted by Crippen LogP contribution is -2.36. The summed E-state index contributed by atoms with van der Waals surface area (Å²) in [5.74, 6) is 1.67. The molecule has 0 fully saturated rings. The average Bonchev–Trinajstić information content (AvgIpc) is 3.31. The molecule has 3 rings (SSSR count). The van der Waals surface area contributed by atoms with E-state index in [4.69, 9.17) is 4.42 Å². The monoisotopic (exact) mass is 331 g/mol. The molecule has 0 bridgehead atoms. The largest absolute Gasteiger partial charge is 0.458 e. The van der Waals surface area contributed by atoms with Gasteiger partial charge in [0.05, 0.1) is 13.2 Å². The Morgan fingerprint density at radius 3 is 2.87 bits per heavy atom. The molecule has 23 heavy (non-hydrogen) atoms. The third-order valence-electron chi connectivity index (χ3n) is 3.95. The predicted octanol–water partition coefficient (Wildman–Crippen LogP) is 3.50. The molecular formula is C17H21N3O2S. The van der Waals surface area contributed by atoms with Gasteiger partial charge < -0.3 is 9.52 Å². The van der Waals surface area contributed by atoms with E-state index >= 15 is 0 Å². The van der Waals surface area contributed by atoms with Crippen molar-refractivity contribution in [3.63, 3.8) is 0 Å². The molecule has 0 aliphatic rings. The lowest BCUT2D eigenvalue weighted by atomic mass is 10.1. The number of aromatic amines is 1. The van der Waals surface area contributed by atoms with Crippen LogP contribution in [0.25, 0.3) is 11.5 Å². The van der Waals surface area contributed by atoms with E-state index in [9.17, 15) is 5.11 Å². The van der Waals surface area contributed by atoms with E-state index in [2.05, 4.69) is 38.8 Å². The molecule has 1 atom stereocenters. The van der Waals surface area contributed by atoms with Gasteiger partial charge in [-0.1, -0.05) is 6.92 Å². The number of aromatic nitrogens is 2. The molecule has 0 spiro atoms. The SMILES string of the molecule is CC[C@@H](CO)N(Cc1ccsc1)Cc1ccc(-c2ccn[nH]2)o1. The summed E-state index contributed by atoms with van der Waals surface area (Å²) in [6.07, 6.45) is 2.61. The zero-order valence-electron chi connectivity index (χ0n) is 13.1. The topological polar surface area (TPSA) is 65.3 Å². The summed E-state index contributed by atoms with van der Waals surface area (Å²) in [5.41, 5.74) is 2.14. The number of thiophene rings is 1. The van der Waals surface area contributed by atoms with Crippen LogP contribution in [0.3, 0.4) is 0 Å². The molecule has 2 N–H and O–H groups in total. The third-order valence-corrected chi connectivity index (χ3v) is 4.68. The molecule has 5 nitrogen and oxygen atoms in total. The number of nitrogens with zero attached hydrogens (tertiary/aromatic N) is 2. The van der Waals surface area contributed by atoms with Gasteiger partial charge in [-0.2, -0.15) is 16.4 Å². The maximum atomic E-state index is 9.68. The van der Waals surface area contributed by atoms with Gasteiger partial charge >= 0.3 is 0 Å². The molecule has 0 saturated heterocycles. The summed E-state index contributed by atoms with van der Waals surface area (Å²) >= 11 is 1.69. The van der Waals surface area contributed by atoms with Crippen molar-refractivity contribution in [1.82, 2.24) is 15.1 Å². The summed E-state index contributed by atoms with van der Waals surface area (Å²) in [5, 5.41) is 20.8. The van der Waals surface area contributed by atoms with Crippen LogP contribution in [-0.2, 0) is 13.1 Å². The van der Waals surface area contributed by atoms with Crippen molar-refractivity contribution in [3.8, 4) is 11.5 Å². The Morgan fingerprint density at radius 1 is 1.30 bits per heavy atom. The van der Waals surface area contributed by atoms with Crippen LogP contribution in [0.2, 0.25) is 0 Å². The average molecular weight is 331 g/mol. The molecule has 3 aromatic heterocycles. The van der Waals surface area contributed by atoms with Gasteiger partial charge in [-0.3, -0.25) is 10.00 Å². The normalized spacial score (nSPS) is 12.8. The molecule has 3 aromatic rings. The molecule has 0 saturated carbocycles. The number of H-pyrrole nitrogens is 1. The first-order valence-electron chi connectivity index (χ1n) is 7.74. The first-order chi connectivity index (χ1) is 11.3. The Morgan fingerprint density at radius 2 is 2.22 bits per heavy atom. The highest BCUT2D eigenvalue weighted by Crippen LogP contribution is 2.22. The van der Waals surface area contributed by atoms with Gasteiger partial charge in [-0.25, -0.2) is 0 Å². The van der Waals surface area contributed by atoms with Crippen LogP contribution in [0.1, 0.15) is 24.7 Å². The maximum Gasteiger partial charge on any atom is 0.152 e. The standard InChI is InChI=1S/C17H21N3O2S/c1-2-14(11-21)20(9-13-6-8-23-12-13)10-15-3-4-17(22-15)16-5-7-18-19-16/h3-8,12,14,21H,2,9-11H2,1H3,(H,18,19)/t14-/m0/s1. The molecule has 0 aromatic carbocycles. The number of aliphatic hydroxyl groups is 1. The molecule has 0 aliphatic heterocycles. The van der Waals surface area contributed by atoms with E-state index in [1.165, 1.54) is 5.56 Å². The molecule has 3 heterocycles. The van der Waals surface area contributed by atoms with E-state index in [1.807, 2.05) is 18.2 Å². The van der Waals surface area contributed by atoms with Gasteiger partial charge in [-0.15, -0.1) is 0 Å². The minimum Gasteiger partial charge on any atom is -0.458 e. The summed E-state index contributed by atoms with van der Waals surface area (Å²) in [7, 11) is 0. The van der Waals surface area contributed by atoms with Gasteiger partial charge in [-0.05, 0) is 47.0 Å². The van der Waals surface area contributed by atoms with Gasteiger partial charge in [0.15, 0.2) is 5.76 Å². The predicted molar refractivity (Wildman–Crippen MR) is 91.0 cm³/mol. The second-order valence-corrected chi connectivity index (χ2v) is 6.30. The Bertz CT molecular complexity index is 687. The van der Waals surface area contributed by atoms with E-state index in [-0.39, 0.29) is 12.6 Å². The first kappa shape index (κ1) is 16.0. The second kappa shape index (κ2) is 7.59. The molecule has 0 amide bonds. The fourth-order valence-electron chi connectivity index (χ4n) is 2.63. The van der Waals surface area contributed by atoms with E-state index < -0.39 is 0 Å². The van der Waals surface area contributed by atoms with Crippen LogP contribution in [0.4, 0.5) is 0 Å². The molecule has 6 heteroatoms. The van der Waals surface area contributed by atoms with Crippen molar-refractivity contribution >= 4 is 11.3 Å². The zero-order valence-corrected chi connectivity index (χ0v) is 13.9. The number of hydrogen-bond donors (Lipinski definition) is 2. The molecule has 122 valence electrons. The van der Waals surface area contributed by atoms with Crippen LogP contribution < -0.4 is 0 Å². The quantitative estimate of drug-likeness (QED) is 0.663. The number of furan rings is 1. The Hall–Kier alpha value is -1.89. The molecular weight excluding hydrogens is 310 g/mol.